The fraction of sp³-hybridized carbons (Fsp3) is 0.213. The molecule has 0 amide bonds. The summed E-state index contributed by atoms with van der Waals surface area (Å²) < 4.78 is 0. The lowest BCUT2D eigenvalue weighted by molar-refractivity contribution is -0.217. The average molecular weight is 1120 g/mol. The second-order valence-electron chi connectivity index (χ2n) is 16.8. The standard InChI is InChI=1S/C41H32O26.C6H12O6/c42-16-1-11(2-17(43)28(16)54)26(52)33(59)38(64)40(66,35(61)14-7-22(48)31(57)23(49)8-14)41(67,36(62)15-9-24(50)32(58)25(51)10-15)39(65,34(60)13-5-20(46)30(56)21(47)6-13)37(63)27(53)12-3-18(44)29(55)19(45)4-12;7-1-3(9)5(11)6(12)4(10)2-8/h1-10,33,38,42-51,54-59,64-67H;1,3-6,8-12H,2H2. The maximum atomic E-state index is 15.1. The van der Waals surface area contributed by atoms with Crippen LogP contribution in [0.1, 0.15) is 51.8 Å². The van der Waals surface area contributed by atoms with E-state index in [-0.39, 0.29) is 66.9 Å². The fourth-order valence-electron chi connectivity index (χ4n) is 7.34. The quantitative estimate of drug-likeness (QED) is 0.0114. The minimum Gasteiger partial charge on any atom is -0.504 e. The Morgan fingerprint density at radius 1 is 0.418 bits per heavy atom. The smallest absolute Gasteiger partial charge is 0.246 e. The number of aliphatic hydroxyl groups is 10. The van der Waals surface area contributed by atoms with Crippen molar-refractivity contribution in [1.82, 2.24) is 0 Å². The van der Waals surface area contributed by atoms with Crippen LogP contribution in [0.5, 0.6) is 86.2 Å². The Kier molecular flexibility index (Phi) is 18.0. The van der Waals surface area contributed by atoms with Crippen LogP contribution < -0.4 is 0 Å². The van der Waals surface area contributed by atoms with Crippen molar-refractivity contribution in [1.29, 1.82) is 0 Å². The van der Waals surface area contributed by atoms with E-state index < -0.39 is 209 Å². The van der Waals surface area contributed by atoms with Crippen LogP contribution in [0.3, 0.4) is 0 Å². The van der Waals surface area contributed by atoms with Crippen molar-refractivity contribution in [3.63, 3.8) is 0 Å². The van der Waals surface area contributed by atoms with E-state index in [2.05, 4.69) is 0 Å². The van der Waals surface area contributed by atoms with E-state index >= 15 is 4.79 Å². The van der Waals surface area contributed by atoms with Gasteiger partial charge in [-0.05, 0) is 60.7 Å². The molecule has 424 valence electrons. The topological polar surface area (TPSA) is 625 Å². The third kappa shape index (κ3) is 10.9. The molecule has 0 fully saturated rings. The molecular formula is C47H44O32. The minimum absolute atomic E-state index is 0.00305. The molecule has 0 spiro atoms. The Labute approximate surface area is 436 Å². The zero-order chi connectivity index (χ0) is 60.5. The summed E-state index contributed by atoms with van der Waals surface area (Å²) in [6, 6.07) is 0.620. The number of ketones is 6. The lowest BCUT2D eigenvalue weighted by Crippen LogP contribution is -2.83. The first-order valence-electron chi connectivity index (χ1n) is 21.3. The van der Waals surface area contributed by atoms with Crippen LogP contribution in [0.15, 0.2) is 60.7 Å². The predicted molar refractivity (Wildman–Crippen MR) is 248 cm³/mol. The minimum atomic E-state index is -5.72. The van der Waals surface area contributed by atoms with Crippen LogP contribution >= 0.6 is 0 Å². The van der Waals surface area contributed by atoms with Gasteiger partial charge in [0.15, 0.2) is 104 Å². The second kappa shape index (κ2) is 22.9. The maximum absolute atomic E-state index is 15.1. The van der Waals surface area contributed by atoms with Gasteiger partial charge in [0.2, 0.25) is 40.1 Å². The van der Waals surface area contributed by atoms with Gasteiger partial charge in [-0.1, -0.05) is 0 Å². The van der Waals surface area contributed by atoms with Crippen molar-refractivity contribution in [3.8, 4) is 86.2 Å². The Morgan fingerprint density at radius 2 is 0.709 bits per heavy atom. The number of phenolic OH excluding ortho intramolecular Hbond substituents is 15. The molecule has 0 saturated heterocycles. The van der Waals surface area contributed by atoms with E-state index in [1.807, 2.05) is 0 Å². The van der Waals surface area contributed by atoms with Gasteiger partial charge < -0.3 is 132 Å². The number of hydrogen-bond acceptors (Lipinski definition) is 32. The molecule has 0 heterocycles. The number of rotatable bonds is 20. The molecule has 32 nitrogen and oxygen atoms in total. The van der Waals surface area contributed by atoms with Crippen LogP contribution in [0.4, 0.5) is 0 Å². The van der Waals surface area contributed by atoms with Crippen molar-refractivity contribution in [2.75, 3.05) is 6.61 Å². The molecule has 0 radical (unpaired) electrons. The number of carbonyl (C=O) groups excluding carboxylic acids is 7. The van der Waals surface area contributed by atoms with Crippen LogP contribution in [-0.2, 0) is 9.59 Å². The molecule has 9 atom stereocenters. The lowest BCUT2D eigenvalue weighted by Gasteiger charge is -2.50. The third-order valence-electron chi connectivity index (χ3n) is 11.7. The Balaban J connectivity index is 0.000000997. The molecule has 0 aliphatic heterocycles. The first kappa shape index (κ1) is 61.9. The summed E-state index contributed by atoms with van der Waals surface area (Å²) in [5, 5.41) is 258. The predicted octanol–water partition coefficient (Wildman–Crippen LogP) is -4.91. The van der Waals surface area contributed by atoms with Gasteiger partial charge in [-0.15, -0.1) is 0 Å². The van der Waals surface area contributed by atoms with Crippen molar-refractivity contribution in [3.05, 3.63) is 88.5 Å². The van der Waals surface area contributed by atoms with Crippen LogP contribution in [0.25, 0.3) is 0 Å². The highest BCUT2D eigenvalue weighted by Gasteiger charge is 2.78. The van der Waals surface area contributed by atoms with E-state index in [9.17, 15) is 131 Å². The van der Waals surface area contributed by atoms with Gasteiger partial charge >= 0.3 is 0 Å². The number of hydrogen-bond donors (Lipinski definition) is 25. The normalized spacial score (nSPS) is 15.9. The number of Topliss-reactive ketones (excluding diaryl/α,β-unsaturated/α-hetero) is 6. The molecule has 5 aromatic carbocycles. The van der Waals surface area contributed by atoms with Crippen LogP contribution in [0, 0.1) is 0 Å². The zero-order valence-corrected chi connectivity index (χ0v) is 39.1. The summed E-state index contributed by atoms with van der Waals surface area (Å²) >= 11 is 0. The molecule has 0 aromatic heterocycles. The Morgan fingerprint density at radius 3 is 1.03 bits per heavy atom. The lowest BCUT2D eigenvalue weighted by atomic mass is 9.57. The molecule has 0 aliphatic carbocycles. The first-order valence-corrected chi connectivity index (χ1v) is 21.3. The second-order valence-corrected chi connectivity index (χ2v) is 16.8. The Hall–Kier alpha value is -9.61. The number of benzene rings is 5. The number of phenols is 15. The monoisotopic (exact) mass is 1120 g/mol. The van der Waals surface area contributed by atoms with Gasteiger partial charge in [-0.25, -0.2) is 0 Å². The average Bonchev–Trinajstić information content (AvgIpc) is 3.41. The van der Waals surface area contributed by atoms with E-state index in [1.54, 1.807) is 0 Å². The summed E-state index contributed by atoms with van der Waals surface area (Å²) in [5.41, 5.74) is -24.4. The summed E-state index contributed by atoms with van der Waals surface area (Å²) in [5.74, 6) is -38.7. The fourth-order valence-corrected chi connectivity index (χ4v) is 7.34. The summed E-state index contributed by atoms with van der Waals surface area (Å²) in [7, 11) is 0. The van der Waals surface area contributed by atoms with E-state index in [4.69, 9.17) is 25.5 Å². The Bertz CT molecular complexity index is 3160. The molecule has 79 heavy (non-hydrogen) atoms. The van der Waals surface area contributed by atoms with Gasteiger partial charge in [0.1, 0.15) is 36.6 Å². The highest BCUT2D eigenvalue weighted by molar-refractivity contribution is 6.52. The van der Waals surface area contributed by atoms with Crippen molar-refractivity contribution in [2.24, 2.45) is 0 Å². The highest BCUT2D eigenvalue weighted by Crippen LogP contribution is 2.49. The number of carbonyl (C=O) groups is 7. The molecule has 32 heteroatoms. The largest absolute Gasteiger partial charge is 0.504 e. The highest BCUT2D eigenvalue weighted by atomic mass is 16.4. The molecular weight excluding hydrogens is 1080 g/mol. The summed E-state index contributed by atoms with van der Waals surface area (Å²) in [4.78, 5) is 97.6. The summed E-state index contributed by atoms with van der Waals surface area (Å²) in [6.07, 6.45) is -14.8. The van der Waals surface area contributed by atoms with E-state index in [0.717, 1.165) is 0 Å². The van der Waals surface area contributed by atoms with Crippen LogP contribution in [-0.4, -0.2) is 229 Å². The molecule has 5 rings (SSSR count). The van der Waals surface area contributed by atoms with Gasteiger partial charge in [-0.3, -0.25) is 28.8 Å². The molecule has 9 unspecified atom stereocenters. The SMILES string of the molecule is O=C(C(=O)C(O)(C(=O)c1cc(O)c(O)c(O)c1)C(O)(C(=O)c1cc(O)c(O)c(O)c1)C(O)(C(=O)c1cc(O)c(O)c(O)c1)C(O)C(O)C(=O)c1cc(O)c(O)c(O)c1)c1cc(O)c(O)c(O)c1.O=CC(O)C(O)C(O)C(O)CO. The number of aromatic hydroxyl groups is 15. The van der Waals surface area contributed by atoms with Gasteiger partial charge in [-0.2, -0.15) is 0 Å². The molecule has 25 N–H and O–H groups in total. The van der Waals surface area contributed by atoms with Gasteiger partial charge in [0, 0.05) is 27.8 Å². The van der Waals surface area contributed by atoms with Crippen molar-refractivity contribution < 1.29 is 161 Å². The number of aliphatic hydroxyl groups excluding tert-OH is 7. The summed E-state index contributed by atoms with van der Waals surface area (Å²) in [6.45, 7) is -0.760. The molecule has 0 saturated carbocycles. The van der Waals surface area contributed by atoms with E-state index in [1.165, 1.54) is 0 Å². The maximum Gasteiger partial charge on any atom is 0.246 e. The molecule has 0 bridgehead atoms. The molecule has 0 aliphatic rings. The van der Waals surface area contributed by atoms with Crippen molar-refractivity contribution >= 4 is 41.0 Å². The van der Waals surface area contributed by atoms with Crippen molar-refractivity contribution in [2.45, 2.75) is 53.4 Å². The van der Waals surface area contributed by atoms with Gasteiger partial charge in [0.05, 0.1) is 6.61 Å². The third-order valence-corrected chi connectivity index (χ3v) is 11.7. The first-order chi connectivity index (χ1) is 36.4. The zero-order valence-electron chi connectivity index (χ0n) is 39.1. The van der Waals surface area contributed by atoms with Gasteiger partial charge in [0.25, 0.3) is 0 Å². The number of aldehydes is 1. The van der Waals surface area contributed by atoms with Crippen LogP contribution in [0.2, 0.25) is 0 Å². The van der Waals surface area contributed by atoms with E-state index in [0.29, 0.717) is 0 Å². The molecule has 5 aromatic rings.